The smallest absolute Gasteiger partial charge is 0.271 e. The van der Waals surface area contributed by atoms with E-state index in [1.165, 1.54) is 12.1 Å². The first kappa shape index (κ1) is 14.5. The van der Waals surface area contributed by atoms with E-state index in [1.807, 2.05) is 12.1 Å². The number of hydrogen-bond donors (Lipinski definition) is 2. The molecule has 0 fully saturated rings. The summed E-state index contributed by atoms with van der Waals surface area (Å²) in [6.45, 7) is 0.523. The fourth-order valence-corrected chi connectivity index (χ4v) is 1.85. The minimum absolute atomic E-state index is 0.0509. The predicted octanol–water partition coefficient (Wildman–Crippen LogP) is 2.57. The van der Waals surface area contributed by atoms with E-state index in [0.717, 1.165) is 5.56 Å². The monoisotopic (exact) mass is 285 g/mol. The molecule has 0 aliphatic carbocycles. The summed E-state index contributed by atoms with van der Waals surface area (Å²) in [4.78, 5) is 21.7. The lowest BCUT2D eigenvalue weighted by molar-refractivity contribution is -0.384. The SMILES string of the molecule is CNC(=O)c1ccc(CNc2cccc([N+](=O)[O-])c2)cc1. The molecule has 0 aromatic heterocycles. The van der Waals surface area contributed by atoms with E-state index in [0.29, 0.717) is 17.8 Å². The molecule has 0 spiro atoms. The molecule has 0 aliphatic heterocycles. The Morgan fingerprint density at radius 2 is 1.90 bits per heavy atom. The van der Waals surface area contributed by atoms with E-state index in [1.54, 1.807) is 31.3 Å². The Balaban J connectivity index is 2.01. The number of non-ortho nitro benzene ring substituents is 1. The molecule has 6 nitrogen and oxygen atoms in total. The molecule has 0 saturated carbocycles. The quantitative estimate of drug-likeness (QED) is 0.653. The highest BCUT2D eigenvalue weighted by atomic mass is 16.6. The minimum atomic E-state index is -0.427. The van der Waals surface area contributed by atoms with Crippen LogP contribution in [0.5, 0.6) is 0 Å². The third-order valence-corrected chi connectivity index (χ3v) is 3.00. The summed E-state index contributed by atoms with van der Waals surface area (Å²) in [5.41, 5.74) is 2.31. The second-order valence-corrected chi connectivity index (χ2v) is 4.44. The largest absolute Gasteiger partial charge is 0.381 e. The second kappa shape index (κ2) is 6.51. The molecule has 0 saturated heterocycles. The number of nitro benzene ring substituents is 1. The maximum atomic E-state index is 11.4. The first-order valence-corrected chi connectivity index (χ1v) is 6.39. The molecule has 6 heteroatoms. The maximum absolute atomic E-state index is 11.4. The molecule has 0 radical (unpaired) electrons. The average Bonchev–Trinajstić information content (AvgIpc) is 2.53. The zero-order chi connectivity index (χ0) is 15.2. The van der Waals surface area contributed by atoms with Crippen LogP contribution >= 0.6 is 0 Å². The predicted molar refractivity (Wildman–Crippen MR) is 80.3 cm³/mol. The average molecular weight is 285 g/mol. The highest BCUT2D eigenvalue weighted by Gasteiger charge is 2.06. The molecule has 0 aliphatic rings. The number of anilines is 1. The molecule has 0 unspecified atom stereocenters. The van der Waals surface area contributed by atoms with Gasteiger partial charge in [-0.25, -0.2) is 0 Å². The lowest BCUT2D eigenvalue weighted by Crippen LogP contribution is -2.17. The van der Waals surface area contributed by atoms with Crippen LogP contribution < -0.4 is 10.6 Å². The number of benzene rings is 2. The Hall–Kier alpha value is -2.89. The van der Waals surface area contributed by atoms with Crippen molar-refractivity contribution in [1.82, 2.24) is 5.32 Å². The molecule has 0 heterocycles. The number of rotatable bonds is 5. The highest BCUT2D eigenvalue weighted by molar-refractivity contribution is 5.93. The van der Waals surface area contributed by atoms with Crippen molar-refractivity contribution in [3.8, 4) is 0 Å². The van der Waals surface area contributed by atoms with Crippen molar-refractivity contribution in [2.45, 2.75) is 6.54 Å². The van der Waals surface area contributed by atoms with E-state index in [4.69, 9.17) is 0 Å². The van der Waals surface area contributed by atoms with Gasteiger partial charge in [0.1, 0.15) is 0 Å². The van der Waals surface area contributed by atoms with Gasteiger partial charge in [0.25, 0.3) is 11.6 Å². The summed E-state index contributed by atoms with van der Waals surface area (Å²) in [6, 6.07) is 13.5. The Bertz CT molecular complexity index is 653. The van der Waals surface area contributed by atoms with E-state index in [9.17, 15) is 14.9 Å². The van der Waals surface area contributed by atoms with Crippen LogP contribution in [-0.2, 0) is 6.54 Å². The number of nitro groups is 1. The van der Waals surface area contributed by atoms with Gasteiger partial charge in [0.05, 0.1) is 4.92 Å². The first-order valence-electron chi connectivity index (χ1n) is 6.39. The molecule has 108 valence electrons. The molecule has 0 atom stereocenters. The zero-order valence-electron chi connectivity index (χ0n) is 11.5. The van der Waals surface area contributed by atoms with Crippen molar-refractivity contribution in [3.63, 3.8) is 0 Å². The number of carbonyl (C=O) groups is 1. The van der Waals surface area contributed by atoms with Gasteiger partial charge < -0.3 is 10.6 Å². The van der Waals surface area contributed by atoms with Gasteiger partial charge in [0, 0.05) is 37.0 Å². The van der Waals surface area contributed by atoms with E-state index in [2.05, 4.69) is 10.6 Å². The van der Waals surface area contributed by atoms with Gasteiger partial charge in [0.15, 0.2) is 0 Å². The summed E-state index contributed by atoms with van der Waals surface area (Å²) in [5, 5.41) is 16.4. The van der Waals surface area contributed by atoms with Gasteiger partial charge in [-0.1, -0.05) is 18.2 Å². The van der Waals surface area contributed by atoms with Crippen molar-refractivity contribution >= 4 is 17.3 Å². The topological polar surface area (TPSA) is 84.3 Å². The summed E-state index contributed by atoms with van der Waals surface area (Å²) in [7, 11) is 1.58. The first-order chi connectivity index (χ1) is 10.1. The van der Waals surface area contributed by atoms with Crippen LogP contribution in [-0.4, -0.2) is 17.9 Å². The second-order valence-electron chi connectivity index (χ2n) is 4.44. The van der Waals surface area contributed by atoms with Crippen molar-refractivity contribution in [3.05, 3.63) is 69.8 Å². The lowest BCUT2D eigenvalue weighted by atomic mass is 10.1. The van der Waals surface area contributed by atoms with Crippen LogP contribution in [0.3, 0.4) is 0 Å². The van der Waals surface area contributed by atoms with Gasteiger partial charge in [-0.05, 0) is 23.8 Å². The molecule has 2 aromatic rings. The molecular weight excluding hydrogens is 270 g/mol. The Kier molecular flexibility index (Phi) is 4.50. The molecule has 0 bridgehead atoms. The van der Waals surface area contributed by atoms with Crippen molar-refractivity contribution in [2.75, 3.05) is 12.4 Å². The van der Waals surface area contributed by atoms with Crippen molar-refractivity contribution < 1.29 is 9.72 Å². The fourth-order valence-electron chi connectivity index (χ4n) is 1.85. The lowest BCUT2D eigenvalue weighted by Gasteiger charge is -2.07. The van der Waals surface area contributed by atoms with Crippen LogP contribution in [0.2, 0.25) is 0 Å². The van der Waals surface area contributed by atoms with Crippen molar-refractivity contribution in [2.24, 2.45) is 0 Å². The van der Waals surface area contributed by atoms with E-state index < -0.39 is 4.92 Å². The third-order valence-electron chi connectivity index (χ3n) is 3.00. The summed E-state index contributed by atoms with van der Waals surface area (Å²) < 4.78 is 0. The summed E-state index contributed by atoms with van der Waals surface area (Å²) in [6.07, 6.45) is 0. The van der Waals surface area contributed by atoms with Crippen LogP contribution in [0.25, 0.3) is 0 Å². The van der Waals surface area contributed by atoms with Gasteiger partial charge in [-0.2, -0.15) is 0 Å². The van der Waals surface area contributed by atoms with Gasteiger partial charge in [-0.3, -0.25) is 14.9 Å². The van der Waals surface area contributed by atoms with Gasteiger partial charge in [-0.15, -0.1) is 0 Å². The van der Waals surface area contributed by atoms with E-state index in [-0.39, 0.29) is 11.6 Å². The molecule has 21 heavy (non-hydrogen) atoms. The number of amides is 1. The normalized spacial score (nSPS) is 9.95. The number of nitrogens with zero attached hydrogens (tertiary/aromatic N) is 1. The maximum Gasteiger partial charge on any atom is 0.271 e. The van der Waals surface area contributed by atoms with Crippen LogP contribution in [0.15, 0.2) is 48.5 Å². The molecule has 2 rings (SSSR count). The zero-order valence-corrected chi connectivity index (χ0v) is 11.5. The minimum Gasteiger partial charge on any atom is -0.381 e. The fraction of sp³-hybridized carbons (Fsp3) is 0.133. The van der Waals surface area contributed by atoms with Gasteiger partial charge >= 0.3 is 0 Å². The molecular formula is C15H15N3O3. The molecule has 2 aromatic carbocycles. The summed E-state index contributed by atoms with van der Waals surface area (Å²) in [5.74, 6) is -0.131. The Morgan fingerprint density at radius 1 is 1.19 bits per heavy atom. The number of hydrogen-bond acceptors (Lipinski definition) is 4. The molecule has 1 amide bonds. The van der Waals surface area contributed by atoms with Crippen LogP contribution in [0.1, 0.15) is 15.9 Å². The Labute approximate surface area is 121 Å². The van der Waals surface area contributed by atoms with Gasteiger partial charge in [0.2, 0.25) is 0 Å². The molecule has 2 N–H and O–H groups in total. The standard InChI is InChI=1S/C15H15N3O3/c1-16-15(19)12-7-5-11(6-8-12)10-17-13-3-2-4-14(9-13)18(20)21/h2-9,17H,10H2,1H3,(H,16,19). The third kappa shape index (κ3) is 3.79. The van der Waals surface area contributed by atoms with Crippen LogP contribution in [0.4, 0.5) is 11.4 Å². The van der Waals surface area contributed by atoms with Crippen LogP contribution in [0, 0.1) is 10.1 Å². The summed E-state index contributed by atoms with van der Waals surface area (Å²) >= 11 is 0. The highest BCUT2D eigenvalue weighted by Crippen LogP contribution is 2.17. The number of nitrogens with one attached hydrogen (secondary N) is 2. The Morgan fingerprint density at radius 3 is 2.52 bits per heavy atom. The van der Waals surface area contributed by atoms with E-state index >= 15 is 0 Å². The van der Waals surface area contributed by atoms with Crippen molar-refractivity contribution in [1.29, 1.82) is 0 Å². The number of carbonyl (C=O) groups excluding carboxylic acids is 1.